The number of ether oxygens (including phenoxy) is 2. The van der Waals surface area contributed by atoms with Gasteiger partial charge in [0.1, 0.15) is 5.75 Å². The maximum Gasteiger partial charge on any atom is 0.375 e. The first-order valence-electron chi connectivity index (χ1n) is 7.78. The number of para-hydroxylation sites is 1. The third kappa shape index (κ3) is 3.65. The average Bonchev–Trinajstić information content (AvgIpc) is 2.99. The van der Waals surface area contributed by atoms with Crippen LogP contribution in [0.5, 0.6) is 5.75 Å². The first kappa shape index (κ1) is 17.8. The Morgan fingerprint density at radius 3 is 2.54 bits per heavy atom. The third-order valence-electron chi connectivity index (χ3n) is 3.81. The van der Waals surface area contributed by atoms with E-state index in [0.29, 0.717) is 27.6 Å². The van der Waals surface area contributed by atoms with E-state index < -0.39 is 18.5 Å². The van der Waals surface area contributed by atoms with E-state index in [1.165, 1.54) is 0 Å². The number of halogens is 1. The minimum absolute atomic E-state index is 0.0327. The Labute approximate surface area is 154 Å². The van der Waals surface area contributed by atoms with Gasteiger partial charge >= 0.3 is 5.97 Å². The van der Waals surface area contributed by atoms with Crippen molar-refractivity contribution >= 4 is 40.1 Å². The zero-order valence-electron chi connectivity index (χ0n) is 14.2. The van der Waals surface area contributed by atoms with Crippen LogP contribution in [-0.4, -0.2) is 25.6 Å². The lowest BCUT2D eigenvalue weighted by atomic mass is 10.1. The van der Waals surface area contributed by atoms with E-state index in [1.54, 1.807) is 56.5 Å². The molecule has 0 aliphatic heterocycles. The van der Waals surface area contributed by atoms with E-state index in [-0.39, 0.29) is 5.76 Å². The zero-order valence-corrected chi connectivity index (χ0v) is 14.9. The summed E-state index contributed by atoms with van der Waals surface area (Å²) in [5.41, 5.74) is 1.60. The van der Waals surface area contributed by atoms with Gasteiger partial charge in [0, 0.05) is 16.6 Å². The standard InChI is InChI=1S/C19H16ClNO5/c1-11-14-4-3-5-15(20)18(14)26-17(11)19(23)25-10-16(22)21-12-6-8-13(24-2)9-7-12/h3-9H,10H2,1-2H3,(H,21,22). The fourth-order valence-electron chi connectivity index (χ4n) is 2.47. The number of esters is 1. The first-order valence-corrected chi connectivity index (χ1v) is 8.16. The van der Waals surface area contributed by atoms with Gasteiger partial charge in [-0.25, -0.2) is 4.79 Å². The van der Waals surface area contributed by atoms with Crippen molar-refractivity contribution in [2.45, 2.75) is 6.92 Å². The number of benzene rings is 2. The molecular weight excluding hydrogens is 358 g/mol. The normalized spacial score (nSPS) is 10.6. The molecule has 0 unspecified atom stereocenters. The van der Waals surface area contributed by atoms with Gasteiger partial charge in [-0.05, 0) is 37.3 Å². The highest BCUT2D eigenvalue weighted by molar-refractivity contribution is 6.35. The van der Waals surface area contributed by atoms with Gasteiger partial charge in [0.05, 0.1) is 12.1 Å². The molecule has 26 heavy (non-hydrogen) atoms. The molecule has 0 fully saturated rings. The van der Waals surface area contributed by atoms with Crippen LogP contribution in [0.2, 0.25) is 5.02 Å². The van der Waals surface area contributed by atoms with Crippen molar-refractivity contribution in [2.75, 3.05) is 19.0 Å². The van der Waals surface area contributed by atoms with Gasteiger partial charge in [-0.2, -0.15) is 0 Å². The van der Waals surface area contributed by atoms with Gasteiger partial charge in [-0.3, -0.25) is 4.79 Å². The van der Waals surface area contributed by atoms with Crippen LogP contribution in [0.1, 0.15) is 16.1 Å². The maximum absolute atomic E-state index is 12.2. The third-order valence-corrected chi connectivity index (χ3v) is 4.11. The summed E-state index contributed by atoms with van der Waals surface area (Å²) in [5, 5.41) is 3.76. The summed E-state index contributed by atoms with van der Waals surface area (Å²) in [6, 6.07) is 12.0. The van der Waals surface area contributed by atoms with Crippen LogP contribution in [0.4, 0.5) is 5.69 Å². The second-order valence-electron chi connectivity index (χ2n) is 5.53. The number of aryl methyl sites for hydroxylation is 1. The highest BCUT2D eigenvalue weighted by Gasteiger charge is 2.21. The number of amides is 1. The van der Waals surface area contributed by atoms with Crippen molar-refractivity contribution in [2.24, 2.45) is 0 Å². The quantitative estimate of drug-likeness (QED) is 0.678. The van der Waals surface area contributed by atoms with E-state index in [0.717, 1.165) is 5.39 Å². The van der Waals surface area contributed by atoms with Gasteiger partial charge in [-0.15, -0.1) is 0 Å². The van der Waals surface area contributed by atoms with Crippen LogP contribution in [0, 0.1) is 6.92 Å². The van der Waals surface area contributed by atoms with E-state index in [2.05, 4.69) is 5.32 Å². The second-order valence-corrected chi connectivity index (χ2v) is 5.93. The van der Waals surface area contributed by atoms with Crippen molar-refractivity contribution in [3.8, 4) is 5.75 Å². The lowest BCUT2D eigenvalue weighted by Gasteiger charge is -2.07. The van der Waals surface area contributed by atoms with E-state index in [9.17, 15) is 9.59 Å². The zero-order chi connectivity index (χ0) is 18.7. The van der Waals surface area contributed by atoms with E-state index in [4.69, 9.17) is 25.5 Å². The molecule has 3 aromatic rings. The number of carbonyl (C=O) groups is 2. The van der Waals surface area contributed by atoms with Gasteiger partial charge in [0.25, 0.3) is 5.91 Å². The molecule has 6 nitrogen and oxygen atoms in total. The molecular formula is C19H16ClNO5. The summed E-state index contributed by atoms with van der Waals surface area (Å²) < 4.78 is 15.6. The number of methoxy groups -OCH3 is 1. The molecule has 0 atom stereocenters. The van der Waals surface area contributed by atoms with Crippen molar-refractivity contribution in [3.05, 3.63) is 58.8 Å². The fourth-order valence-corrected chi connectivity index (χ4v) is 2.68. The Balaban J connectivity index is 1.64. The number of furan rings is 1. The molecule has 0 saturated heterocycles. The Hall–Kier alpha value is -2.99. The van der Waals surface area contributed by atoms with Crippen LogP contribution >= 0.6 is 11.6 Å². The van der Waals surface area contributed by atoms with Crippen molar-refractivity contribution in [1.29, 1.82) is 0 Å². The number of carbonyl (C=O) groups excluding carboxylic acids is 2. The molecule has 0 saturated carbocycles. The number of rotatable bonds is 5. The maximum atomic E-state index is 12.2. The van der Waals surface area contributed by atoms with E-state index >= 15 is 0 Å². The summed E-state index contributed by atoms with van der Waals surface area (Å²) in [6.45, 7) is 1.30. The number of nitrogens with one attached hydrogen (secondary N) is 1. The molecule has 2 aromatic carbocycles. The Morgan fingerprint density at radius 2 is 1.88 bits per heavy atom. The number of anilines is 1. The van der Waals surface area contributed by atoms with Crippen molar-refractivity contribution < 1.29 is 23.5 Å². The number of hydrogen-bond acceptors (Lipinski definition) is 5. The van der Waals surface area contributed by atoms with Crippen molar-refractivity contribution in [3.63, 3.8) is 0 Å². The lowest BCUT2D eigenvalue weighted by molar-refractivity contribution is -0.119. The Kier molecular flexibility index (Phi) is 5.14. The molecule has 0 aliphatic rings. The fraction of sp³-hybridized carbons (Fsp3) is 0.158. The highest BCUT2D eigenvalue weighted by atomic mass is 35.5. The average molecular weight is 374 g/mol. The largest absolute Gasteiger partial charge is 0.497 e. The van der Waals surface area contributed by atoms with Crippen LogP contribution in [-0.2, 0) is 9.53 Å². The number of hydrogen-bond donors (Lipinski definition) is 1. The van der Waals surface area contributed by atoms with Gasteiger partial charge in [0.15, 0.2) is 12.2 Å². The lowest BCUT2D eigenvalue weighted by Crippen LogP contribution is -2.21. The molecule has 1 amide bonds. The molecule has 1 heterocycles. The Bertz CT molecular complexity index is 962. The van der Waals surface area contributed by atoms with Gasteiger partial charge < -0.3 is 19.2 Å². The molecule has 3 rings (SSSR count). The SMILES string of the molecule is COc1ccc(NC(=O)COC(=O)c2oc3c(Cl)cccc3c2C)cc1. The topological polar surface area (TPSA) is 77.8 Å². The molecule has 1 N–H and O–H groups in total. The molecule has 7 heteroatoms. The van der Waals surface area contributed by atoms with Crippen LogP contribution in [0.3, 0.4) is 0 Å². The molecule has 1 aromatic heterocycles. The van der Waals surface area contributed by atoms with E-state index in [1.807, 2.05) is 0 Å². The van der Waals surface area contributed by atoms with Crippen LogP contribution in [0.25, 0.3) is 11.0 Å². The summed E-state index contributed by atoms with van der Waals surface area (Å²) in [4.78, 5) is 24.2. The molecule has 0 aliphatic carbocycles. The summed E-state index contributed by atoms with van der Waals surface area (Å²) in [6.07, 6.45) is 0. The van der Waals surface area contributed by atoms with Crippen molar-refractivity contribution in [1.82, 2.24) is 0 Å². The summed E-state index contributed by atoms with van der Waals surface area (Å²) in [5.74, 6) is -0.478. The van der Waals surface area contributed by atoms with Crippen LogP contribution < -0.4 is 10.1 Å². The van der Waals surface area contributed by atoms with Crippen LogP contribution in [0.15, 0.2) is 46.9 Å². The second kappa shape index (κ2) is 7.49. The Morgan fingerprint density at radius 1 is 1.15 bits per heavy atom. The van der Waals surface area contributed by atoms with Gasteiger partial charge in [0.2, 0.25) is 5.76 Å². The molecule has 134 valence electrons. The monoisotopic (exact) mass is 373 g/mol. The summed E-state index contributed by atoms with van der Waals surface area (Å²) in [7, 11) is 1.56. The number of fused-ring (bicyclic) bond motifs is 1. The molecule has 0 radical (unpaired) electrons. The minimum atomic E-state index is -0.723. The highest BCUT2D eigenvalue weighted by Crippen LogP contribution is 2.31. The minimum Gasteiger partial charge on any atom is -0.497 e. The summed E-state index contributed by atoms with van der Waals surface area (Å²) >= 11 is 6.07. The first-order chi connectivity index (χ1) is 12.5. The molecule has 0 bridgehead atoms. The van der Waals surface area contributed by atoms with Gasteiger partial charge in [-0.1, -0.05) is 23.7 Å². The molecule has 0 spiro atoms. The predicted octanol–water partition coefficient (Wildman–Crippen LogP) is 4.20. The predicted molar refractivity (Wildman–Crippen MR) is 97.9 cm³/mol. The smallest absolute Gasteiger partial charge is 0.375 e.